The van der Waals surface area contributed by atoms with Gasteiger partial charge in [-0.3, -0.25) is 4.79 Å². The van der Waals surface area contributed by atoms with Gasteiger partial charge < -0.3 is 39.8 Å². The number of carbonyl (C=O) groups excluding carboxylic acids is 2. The molecule has 2 rings (SSSR count). The molecule has 1 aliphatic rings. The van der Waals surface area contributed by atoms with Gasteiger partial charge in [0, 0.05) is 18.6 Å². The Hall–Kier alpha value is -3.11. The van der Waals surface area contributed by atoms with E-state index in [0.717, 1.165) is 12.1 Å². The standard InChI is InChI=1S/C18H28N2O4.C4H4O4/c1-4-5-18(22)20-8-9-23-17-10-15(6-7-16(17)20)24-12-14(21)11-19-13(2)3;5-3(6)1-2-4(7)8/h6-7,10,13-14,19,21H,4-5,8-9,11-12H2,1-3H3;1-2H,(H,5,6)(H,7,8)/b;2-1+. The molecule has 1 unspecified atom stereocenters. The van der Waals surface area contributed by atoms with E-state index < -0.39 is 18.0 Å². The maximum absolute atomic E-state index is 12.2. The summed E-state index contributed by atoms with van der Waals surface area (Å²) in [6.07, 6.45) is 1.79. The third kappa shape index (κ3) is 10.3. The van der Waals surface area contributed by atoms with Crippen LogP contribution in [-0.2, 0) is 14.4 Å². The number of hydrogen-bond acceptors (Lipinski definition) is 7. The van der Waals surface area contributed by atoms with Crippen LogP contribution in [0.25, 0.3) is 0 Å². The fourth-order valence-electron chi connectivity index (χ4n) is 2.73. The van der Waals surface area contributed by atoms with E-state index in [1.54, 1.807) is 11.0 Å². The molecule has 1 aromatic carbocycles. The summed E-state index contributed by atoms with van der Waals surface area (Å²) in [5.74, 6) is -1.38. The largest absolute Gasteiger partial charge is 0.545 e. The minimum absolute atomic E-state index is 0.121. The van der Waals surface area contributed by atoms with Crippen molar-refractivity contribution in [2.75, 3.05) is 31.2 Å². The highest BCUT2D eigenvalue weighted by Gasteiger charge is 2.23. The summed E-state index contributed by atoms with van der Waals surface area (Å²) in [5, 5.41) is 29.2. The number of rotatable bonds is 10. The normalized spacial score (nSPS) is 13.6. The Morgan fingerprint density at radius 2 is 2.03 bits per heavy atom. The number of quaternary nitrogens is 1. The summed E-state index contributed by atoms with van der Waals surface area (Å²) in [4.78, 5) is 32.9. The number of carbonyl (C=O) groups is 3. The predicted octanol–water partition coefficient (Wildman–Crippen LogP) is -0.699. The van der Waals surface area contributed by atoms with Crippen LogP contribution in [-0.4, -0.2) is 66.5 Å². The summed E-state index contributed by atoms with van der Waals surface area (Å²) >= 11 is 0. The molecule has 1 amide bonds. The molecule has 10 nitrogen and oxygen atoms in total. The second kappa shape index (κ2) is 14.0. The summed E-state index contributed by atoms with van der Waals surface area (Å²) in [7, 11) is 0. The third-order valence-electron chi connectivity index (χ3n) is 4.24. The van der Waals surface area contributed by atoms with Crippen molar-refractivity contribution in [3.8, 4) is 11.5 Å². The Labute approximate surface area is 187 Å². The molecule has 1 heterocycles. The number of nitrogens with two attached hydrogens (primary N) is 1. The molecule has 0 saturated carbocycles. The molecule has 0 aliphatic carbocycles. The van der Waals surface area contributed by atoms with Crippen molar-refractivity contribution in [2.45, 2.75) is 45.8 Å². The van der Waals surface area contributed by atoms with Crippen LogP contribution >= 0.6 is 0 Å². The van der Waals surface area contributed by atoms with Crippen molar-refractivity contribution in [2.24, 2.45) is 0 Å². The summed E-state index contributed by atoms with van der Waals surface area (Å²) in [6.45, 7) is 8.07. The number of carboxylic acid groups (broad SMARTS) is 2. The number of amides is 1. The number of nitrogens with zero attached hydrogens (tertiary/aromatic N) is 1. The molecule has 4 N–H and O–H groups in total. The van der Waals surface area contributed by atoms with E-state index in [-0.39, 0.29) is 12.5 Å². The van der Waals surface area contributed by atoms with Crippen molar-refractivity contribution >= 4 is 23.5 Å². The van der Waals surface area contributed by atoms with Gasteiger partial charge in [-0.05, 0) is 38.5 Å². The first kappa shape index (κ1) is 26.9. The average molecular weight is 453 g/mol. The number of anilines is 1. The lowest BCUT2D eigenvalue weighted by molar-refractivity contribution is -0.688. The van der Waals surface area contributed by atoms with Crippen LogP contribution < -0.4 is 24.8 Å². The van der Waals surface area contributed by atoms with Crippen LogP contribution in [0.2, 0.25) is 0 Å². The van der Waals surface area contributed by atoms with E-state index in [2.05, 4.69) is 19.2 Å². The van der Waals surface area contributed by atoms with Crippen molar-refractivity contribution in [3.05, 3.63) is 30.4 Å². The van der Waals surface area contributed by atoms with Crippen molar-refractivity contribution in [1.29, 1.82) is 0 Å². The third-order valence-corrected chi connectivity index (χ3v) is 4.24. The summed E-state index contributed by atoms with van der Waals surface area (Å²) < 4.78 is 11.3. The Kier molecular flexibility index (Phi) is 11.8. The predicted molar refractivity (Wildman–Crippen MR) is 114 cm³/mol. The minimum Gasteiger partial charge on any atom is -0.545 e. The molecule has 0 spiro atoms. The van der Waals surface area contributed by atoms with Crippen LogP contribution in [0.3, 0.4) is 0 Å². The molecule has 0 saturated heterocycles. The topological polar surface area (TPSA) is 153 Å². The van der Waals surface area contributed by atoms with E-state index in [4.69, 9.17) is 14.6 Å². The van der Waals surface area contributed by atoms with E-state index in [9.17, 15) is 24.6 Å². The quantitative estimate of drug-likeness (QED) is 0.394. The average Bonchev–Trinajstić information content (AvgIpc) is 2.74. The number of hydrogen-bond donors (Lipinski definition) is 3. The number of aliphatic hydroxyl groups is 1. The second-order valence-electron chi connectivity index (χ2n) is 7.44. The van der Waals surface area contributed by atoms with Gasteiger partial charge in [0.1, 0.15) is 37.4 Å². The maximum atomic E-state index is 12.2. The number of aliphatic hydroxyl groups excluding tert-OH is 1. The first-order valence-corrected chi connectivity index (χ1v) is 10.5. The van der Waals surface area contributed by atoms with Gasteiger partial charge in [0.15, 0.2) is 0 Å². The zero-order valence-electron chi connectivity index (χ0n) is 18.7. The van der Waals surface area contributed by atoms with Gasteiger partial charge in [-0.2, -0.15) is 0 Å². The molecule has 1 aliphatic heterocycles. The van der Waals surface area contributed by atoms with Gasteiger partial charge in [0.25, 0.3) is 0 Å². The lowest BCUT2D eigenvalue weighted by atomic mass is 10.2. The van der Waals surface area contributed by atoms with E-state index in [1.165, 1.54) is 0 Å². The number of carboxylic acids is 2. The van der Waals surface area contributed by atoms with Crippen molar-refractivity contribution < 1.29 is 44.5 Å². The molecule has 0 bridgehead atoms. The molecule has 10 heteroatoms. The van der Waals surface area contributed by atoms with Crippen molar-refractivity contribution in [1.82, 2.24) is 0 Å². The number of aliphatic carboxylic acids is 2. The van der Waals surface area contributed by atoms with Gasteiger partial charge >= 0.3 is 5.97 Å². The Morgan fingerprint density at radius 1 is 1.31 bits per heavy atom. The zero-order chi connectivity index (χ0) is 24.1. The lowest BCUT2D eigenvalue weighted by Gasteiger charge is -2.30. The van der Waals surface area contributed by atoms with Crippen LogP contribution in [0, 0.1) is 0 Å². The first-order valence-electron chi connectivity index (χ1n) is 10.5. The molecule has 0 aromatic heterocycles. The van der Waals surface area contributed by atoms with Crippen LogP contribution in [0.1, 0.15) is 33.6 Å². The van der Waals surface area contributed by atoms with Gasteiger partial charge in [-0.15, -0.1) is 0 Å². The lowest BCUT2D eigenvalue weighted by Crippen LogP contribution is -2.90. The monoisotopic (exact) mass is 452 g/mol. The van der Waals surface area contributed by atoms with E-state index in [1.807, 2.05) is 19.1 Å². The number of ether oxygens (including phenoxy) is 2. The molecule has 32 heavy (non-hydrogen) atoms. The van der Waals surface area contributed by atoms with Crippen LogP contribution in [0.5, 0.6) is 11.5 Å². The molecule has 0 radical (unpaired) electrons. The van der Waals surface area contributed by atoms with E-state index >= 15 is 0 Å². The minimum atomic E-state index is -1.51. The molecular weight excluding hydrogens is 420 g/mol. The highest BCUT2D eigenvalue weighted by molar-refractivity contribution is 5.95. The van der Waals surface area contributed by atoms with Gasteiger partial charge in [-0.25, -0.2) is 4.79 Å². The van der Waals surface area contributed by atoms with Gasteiger partial charge in [0.2, 0.25) is 5.91 Å². The van der Waals surface area contributed by atoms with Crippen LogP contribution in [0.15, 0.2) is 30.4 Å². The van der Waals surface area contributed by atoms with E-state index in [0.29, 0.717) is 55.8 Å². The highest BCUT2D eigenvalue weighted by Crippen LogP contribution is 2.35. The molecule has 0 fully saturated rings. The number of fused-ring (bicyclic) bond motifs is 1. The molecule has 1 aromatic rings. The summed E-state index contributed by atoms with van der Waals surface area (Å²) in [6, 6.07) is 5.91. The Morgan fingerprint density at radius 3 is 2.59 bits per heavy atom. The fourth-order valence-corrected chi connectivity index (χ4v) is 2.73. The smallest absolute Gasteiger partial charge is 0.328 e. The Bertz CT molecular complexity index is 778. The molecular formula is C22H32N2O8. The second-order valence-corrected chi connectivity index (χ2v) is 7.44. The summed E-state index contributed by atoms with van der Waals surface area (Å²) in [5.41, 5.74) is 0.792. The van der Waals surface area contributed by atoms with Crippen molar-refractivity contribution in [3.63, 3.8) is 0 Å². The zero-order valence-corrected chi connectivity index (χ0v) is 18.7. The SMILES string of the molecule is CCCC(=O)N1CCOc2cc(OCC(O)C[NH2+]C(C)C)ccc21.O=C([O-])/C=C/C(=O)O. The van der Waals surface area contributed by atoms with Gasteiger partial charge in [-0.1, -0.05) is 6.92 Å². The first-order chi connectivity index (χ1) is 15.1. The molecule has 1 atom stereocenters. The maximum Gasteiger partial charge on any atom is 0.328 e. The highest BCUT2D eigenvalue weighted by atomic mass is 16.5. The van der Waals surface area contributed by atoms with Gasteiger partial charge in [0.05, 0.1) is 24.2 Å². The number of benzene rings is 1. The Balaban J connectivity index is 0.000000547. The van der Waals surface area contributed by atoms with Crippen LogP contribution in [0.4, 0.5) is 5.69 Å². The molecule has 178 valence electrons. The fraction of sp³-hybridized carbons (Fsp3) is 0.500.